The van der Waals surface area contributed by atoms with Gasteiger partial charge in [-0.15, -0.1) is 11.3 Å². The smallest absolute Gasteiger partial charge is 0.260 e. The van der Waals surface area contributed by atoms with Gasteiger partial charge in [-0.05, 0) is 35.6 Å². The average Bonchev–Trinajstić information content (AvgIpc) is 3.43. The molecule has 10 heteroatoms. The first-order valence-corrected chi connectivity index (χ1v) is 11.0. The summed E-state index contributed by atoms with van der Waals surface area (Å²) in [5.74, 6) is 0.523. The third-order valence-corrected chi connectivity index (χ3v) is 5.80. The summed E-state index contributed by atoms with van der Waals surface area (Å²) in [7, 11) is 1.48. The molecule has 0 spiro atoms. The number of aromatic amines is 1. The number of aromatic nitrogens is 4. The number of ether oxygens (including phenoxy) is 1. The number of H-pyrrole nitrogens is 1. The van der Waals surface area contributed by atoms with Crippen molar-refractivity contribution >= 4 is 34.7 Å². The van der Waals surface area contributed by atoms with E-state index >= 15 is 0 Å². The molecule has 0 radical (unpaired) electrons. The number of anilines is 1. The summed E-state index contributed by atoms with van der Waals surface area (Å²) >= 11 is 7.59. The van der Waals surface area contributed by atoms with Gasteiger partial charge in [-0.3, -0.25) is 14.6 Å². The van der Waals surface area contributed by atoms with E-state index in [-0.39, 0.29) is 23.0 Å². The van der Waals surface area contributed by atoms with Crippen molar-refractivity contribution in [2.45, 2.75) is 19.8 Å². The molecule has 0 saturated carbocycles. The average molecular weight is 470 g/mol. The highest BCUT2D eigenvalue weighted by atomic mass is 35.5. The molecule has 0 aliphatic heterocycles. The van der Waals surface area contributed by atoms with Crippen molar-refractivity contribution in [3.8, 4) is 22.3 Å². The highest BCUT2D eigenvalue weighted by Crippen LogP contribution is 2.29. The van der Waals surface area contributed by atoms with Crippen molar-refractivity contribution in [1.82, 2.24) is 19.7 Å². The van der Waals surface area contributed by atoms with E-state index < -0.39 is 5.91 Å². The van der Waals surface area contributed by atoms with E-state index in [0.29, 0.717) is 28.0 Å². The number of thiophene rings is 1. The van der Waals surface area contributed by atoms with Crippen LogP contribution in [0.3, 0.4) is 0 Å². The van der Waals surface area contributed by atoms with Gasteiger partial charge in [0.25, 0.3) is 11.5 Å². The summed E-state index contributed by atoms with van der Waals surface area (Å²) < 4.78 is 6.71. The van der Waals surface area contributed by atoms with Crippen molar-refractivity contribution in [1.29, 1.82) is 0 Å². The van der Waals surface area contributed by atoms with Crippen LogP contribution in [0.5, 0.6) is 5.75 Å². The summed E-state index contributed by atoms with van der Waals surface area (Å²) in [5, 5.41) is 9.77. The van der Waals surface area contributed by atoms with E-state index in [0.717, 1.165) is 4.88 Å². The number of hydrogen-bond donors (Lipinski definition) is 2. The van der Waals surface area contributed by atoms with Crippen molar-refractivity contribution in [3.63, 3.8) is 0 Å². The number of carbonyl (C=O) groups excluding carboxylic acids is 1. The molecule has 0 saturated heterocycles. The second-order valence-corrected chi connectivity index (χ2v) is 8.64. The molecule has 0 bridgehead atoms. The fourth-order valence-corrected chi connectivity index (χ4v) is 3.93. The summed E-state index contributed by atoms with van der Waals surface area (Å²) in [6.07, 6.45) is 0. The Hall–Kier alpha value is -3.43. The van der Waals surface area contributed by atoms with Crippen LogP contribution < -0.4 is 15.6 Å². The lowest BCUT2D eigenvalue weighted by molar-refractivity contribution is 0.102. The van der Waals surface area contributed by atoms with E-state index in [1.807, 2.05) is 31.4 Å². The van der Waals surface area contributed by atoms with Crippen molar-refractivity contribution in [3.05, 3.63) is 74.5 Å². The zero-order valence-corrected chi connectivity index (χ0v) is 19.1. The van der Waals surface area contributed by atoms with Gasteiger partial charge in [-0.2, -0.15) is 9.78 Å². The number of hydrogen-bond acceptors (Lipinski definition) is 6. The SMILES string of the molecule is COc1ccc(Cl)cc1C(=O)Nc1cc(-c2cccs2)nn1-c1nc(C(C)C)cc(=O)[nH]1. The number of methoxy groups -OCH3 is 1. The molecule has 1 aromatic carbocycles. The van der Waals surface area contributed by atoms with Crippen LogP contribution in [-0.2, 0) is 0 Å². The Morgan fingerprint density at radius 2 is 2.06 bits per heavy atom. The molecule has 3 aromatic heterocycles. The van der Waals surface area contributed by atoms with Gasteiger partial charge in [-0.1, -0.05) is 31.5 Å². The first-order valence-electron chi connectivity index (χ1n) is 9.76. The summed E-state index contributed by atoms with van der Waals surface area (Å²) in [6.45, 7) is 3.89. The van der Waals surface area contributed by atoms with Gasteiger partial charge in [0.15, 0.2) is 0 Å². The molecule has 0 aliphatic rings. The molecule has 4 rings (SSSR count). The lowest BCUT2D eigenvalue weighted by Crippen LogP contribution is -2.20. The third kappa shape index (κ3) is 4.44. The van der Waals surface area contributed by atoms with Crippen LogP contribution in [0, 0.1) is 0 Å². The predicted molar refractivity (Wildman–Crippen MR) is 125 cm³/mol. The molecule has 3 heterocycles. The number of nitrogens with zero attached hydrogens (tertiary/aromatic N) is 3. The molecule has 0 atom stereocenters. The predicted octanol–water partition coefficient (Wildman–Crippen LogP) is 4.72. The van der Waals surface area contributed by atoms with Crippen LogP contribution in [0.25, 0.3) is 16.5 Å². The van der Waals surface area contributed by atoms with Crippen molar-refractivity contribution in [2.24, 2.45) is 0 Å². The van der Waals surface area contributed by atoms with Crippen LogP contribution in [0.2, 0.25) is 5.02 Å². The molecule has 164 valence electrons. The van der Waals surface area contributed by atoms with Crippen LogP contribution in [0.15, 0.2) is 52.6 Å². The molecule has 8 nitrogen and oxygen atoms in total. The molecule has 32 heavy (non-hydrogen) atoms. The van der Waals surface area contributed by atoms with E-state index in [4.69, 9.17) is 16.3 Å². The Morgan fingerprint density at radius 3 is 2.75 bits per heavy atom. The van der Waals surface area contributed by atoms with Gasteiger partial charge in [0.1, 0.15) is 17.3 Å². The maximum atomic E-state index is 13.1. The van der Waals surface area contributed by atoms with Gasteiger partial charge in [0, 0.05) is 17.2 Å². The first-order chi connectivity index (χ1) is 15.4. The quantitative estimate of drug-likeness (QED) is 0.425. The Balaban J connectivity index is 1.81. The van der Waals surface area contributed by atoms with Crippen molar-refractivity contribution < 1.29 is 9.53 Å². The van der Waals surface area contributed by atoms with Crippen LogP contribution in [-0.4, -0.2) is 32.8 Å². The second-order valence-electron chi connectivity index (χ2n) is 7.25. The third-order valence-electron chi connectivity index (χ3n) is 4.67. The molecule has 0 aliphatic carbocycles. The highest BCUT2D eigenvalue weighted by Gasteiger charge is 2.20. The Morgan fingerprint density at radius 1 is 1.25 bits per heavy atom. The van der Waals surface area contributed by atoms with Gasteiger partial charge in [-0.25, -0.2) is 4.98 Å². The monoisotopic (exact) mass is 469 g/mol. The van der Waals surface area contributed by atoms with Crippen LogP contribution in [0.4, 0.5) is 5.82 Å². The number of halogens is 1. The fourth-order valence-electron chi connectivity index (χ4n) is 3.08. The largest absolute Gasteiger partial charge is 0.496 e. The van der Waals surface area contributed by atoms with Gasteiger partial charge >= 0.3 is 0 Å². The van der Waals surface area contributed by atoms with Crippen LogP contribution >= 0.6 is 22.9 Å². The first kappa shape index (κ1) is 21.8. The number of rotatable bonds is 6. The normalized spacial score (nSPS) is 11.0. The fraction of sp³-hybridized carbons (Fsp3) is 0.182. The molecular formula is C22H20ClN5O3S. The molecule has 4 aromatic rings. The van der Waals surface area contributed by atoms with E-state index in [1.165, 1.54) is 35.3 Å². The zero-order chi connectivity index (χ0) is 22.8. The minimum Gasteiger partial charge on any atom is -0.496 e. The molecular weight excluding hydrogens is 450 g/mol. The summed E-state index contributed by atoms with van der Waals surface area (Å²) in [6, 6.07) is 11.8. The standard InChI is InChI=1S/C22H20ClN5O3S/c1-12(2)15-11-20(29)26-22(24-15)28-19(10-16(27-28)18-5-4-8-32-18)25-21(30)14-9-13(23)6-7-17(14)31-3/h4-12H,1-3H3,(H,25,30)(H,24,26,29). The minimum absolute atomic E-state index is 0.0390. The lowest BCUT2D eigenvalue weighted by atomic mass is 10.1. The summed E-state index contributed by atoms with van der Waals surface area (Å²) in [5.41, 5.74) is 1.21. The van der Waals surface area contributed by atoms with Crippen molar-refractivity contribution in [2.75, 3.05) is 12.4 Å². The summed E-state index contributed by atoms with van der Waals surface area (Å²) in [4.78, 5) is 33.5. The second kappa shape index (κ2) is 8.97. The topological polar surface area (TPSA) is 102 Å². The van der Waals surface area contributed by atoms with Gasteiger partial charge < -0.3 is 10.1 Å². The molecule has 0 unspecified atom stereocenters. The maximum Gasteiger partial charge on any atom is 0.260 e. The maximum absolute atomic E-state index is 13.1. The molecule has 1 amide bonds. The Bertz CT molecular complexity index is 1330. The van der Waals surface area contributed by atoms with E-state index in [2.05, 4.69) is 20.4 Å². The zero-order valence-electron chi connectivity index (χ0n) is 17.5. The number of benzene rings is 1. The Kier molecular flexibility index (Phi) is 6.11. The number of amides is 1. The minimum atomic E-state index is -0.439. The number of nitrogens with one attached hydrogen (secondary N) is 2. The highest BCUT2D eigenvalue weighted by molar-refractivity contribution is 7.13. The lowest BCUT2D eigenvalue weighted by Gasteiger charge is -2.12. The van der Waals surface area contributed by atoms with Gasteiger partial charge in [0.05, 0.1) is 23.2 Å². The van der Waals surface area contributed by atoms with E-state index in [1.54, 1.807) is 18.2 Å². The Labute approximate surface area is 192 Å². The molecule has 2 N–H and O–H groups in total. The van der Waals surface area contributed by atoms with Gasteiger partial charge in [0.2, 0.25) is 5.95 Å². The van der Waals surface area contributed by atoms with Crippen LogP contribution in [0.1, 0.15) is 35.8 Å². The van der Waals surface area contributed by atoms with E-state index in [9.17, 15) is 9.59 Å². The molecule has 0 fully saturated rings. The number of carbonyl (C=O) groups is 1.